The summed E-state index contributed by atoms with van der Waals surface area (Å²) >= 11 is 3.64. The fourth-order valence-corrected chi connectivity index (χ4v) is 6.70. The molecule has 0 bridgehead atoms. The summed E-state index contributed by atoms with van der Waals surface area (Å²) in [6.45, 7) is 4.11. The second-order valence-electron chi connectivity index (χ2n) is 9.68. The molecule has 3 aliphatic rings. The van der Waals surface area contributed by atoms with E-state index in [1.165, 1.54) is 0 Å². The van der Waals surface area contributed by atoms with Crippen molar-refractivity contribution in [1.29, 1.82) is 0 Å². The Morgan fingerprint density at radius 2 is 1.68 bits per heavy atom. The van der Waals surface area contributed by atoms with Crippen molar-refractivity contribution < 1.29 is 15.0 Å². The van der Waals surface area contributed by atoms with Gasteiger partial charge in [0.05, 0.1) is 5.92 Å². The van der Waals surface area contributed by atoms with Crippen LogP contribution in [0.1, 0.15) is 70.5 Å². The molecule has 0 spiro atoms. The summed E-state index contributed by atoms with van der Waals surface area (Å²) in [6.07, 6.45) is 3.59. The van der Waals surface area contributed by atoms with Crippen LogP contribution in [0.5, 0.6) is 11.5 Å². The Balaban J connectivity index is 1.59. The van der Waals surface area contributed by atoms with Gasteiger partial charge in [-0.15, -0.1) is 0 Å². The second-order valence-corrected chi connectivity index (χ2v) is 10.5. The van der Waals surface area contributed by atoms with E-state index in [-0.39, 0.29) is 29.2 Å². The number of carbonyl (C=O) groups excluding carboxylic acids is 1. The maximum Gasteiger partial charge on any atom is 0.232 e. The highest BCUT2D eigenvalue weighted by molar-refractivity contribution is 9.10. The van der Waals surface area contributed by atoms with E-state index in [1.54, 1.807) is 6.07 Å². The molecule has 3 N–H and O–H groups in total. The van der Waals surface area contributed by atoms with Crippen LogP contribution >= 0.6 is 15.9 Å². The number of fused-ring (bicyclic) bond motifs is 3. The summed E-state index contributed by atoms with van der Waals surface area (Å²) in [5.41, 5.74) is 9.42. The fourth-order valence-electron chi connectivity index (χ4n) is 6.35. The molecule has 1 amide bonds. The van der Waals surface area contributed by atoms with Gasteiger partial charge in [0.1, 0.15) is 11.5 Å². The first-order chi connectivity index (χ1) is 16.4. The lowest BCUT2D eigenvalue weighted by atomic mass is 9.79. The second kappa shape index (κ2) is 7.74. The van der Waals surface area contributed by atoms with E-state index >= 15 is 0 Å². The number of hydrogen-bond acceptors (Lipinski definition) is 3. The highest BCUT2D eigenvalue weighted by Crippen LogP contribution is 2.56. The van der Waals surface area contributed by atoms with Crippen molar-refractivity contribution in [2.45, 2.75) is 51.4 Å². The number of aromatic hydroxyl groups is 2. The number of nitrogens with one attached hydrogen (secondary N) is 1. The van der Waals surface area contributed by atoms with Crippen molar-refractivity contribution in [1.82, 2.24) is 0 Å². The zero-order valence-electron chi connectivity index (χ0n) is 19.2. The van der Waals surface area contributed by atoms with Gasteiger partial charge >= 0.3 is 0 Å². The summed E-state index contributed by atoms with van der Waals surface area (Å²) in [4.78, 5) is 13.4. The van der Waals surface area contributed by atoms with Crippen molar-refractivity contribution in [3.05, 3.63) is 91.5 Å². The van der Waals surface area contributed by atoms with E-state index in [4.69, 9.17) is 0 Å². The van der Waals surface area contributed by atoms with Gasteiger partial charge in [0, 0.05) is 32.8 Å². The van der Waals surface area contributed by atoms with Gasteiger partial charge in [-0.3, -0.25) is 4.79 Å². The molecule has 0 radical (unpaired) electrons. The first-order valence-electron chi connectivity index (χ1n) is 11.9. The SMILES string of the molecule is CC1=C(c2cc(O)c3c(c2O)CCCC3)c2ccccc2C1C1C(=O)Nc2ccc(Br)c(C)c21. The molecule has 3 aromatic rings. The molecule has 0 fully saturated rings. The minimum Gasteiger partial charge on any atom is -0.508 e. The van der Waals surface area contributed by atoms with Crippen LogP contribution in [0.4, 0.5) is 5.69 Å². The molecule has 1 heterocycles. The average Bonchev–Trinajstić information content (AvgIpc) is 3.31. The summed E-state index contributed by atoms with van der Waals surface area (Å²) in [5, 5.41) is 25.3. The zero-order valence-corrected chi connectivity index (χ0v) is 20.8. The van der Waals surface area contributed by atoms with E-state index in [0.717, 1.165) is 80.4 Å². The Labute approximate surface area is 207 Å². The van der Waals surface area contributed by atoms with Crippen LogP contribution in [-0.2, 0) is 17.6 Å². The van der Waals surface area contributed by atoms with Crippen LogP contribution in [0.2, 0.25) is 0 Å². The van der Waals surface area contributed by atoms with E-state index in [2.05, 4.69) is 40.3 Å². The molecule has 0 aromatic heterocycles. The van der Waals surface area contributed by atoms with E-state index in [9.17, 15) is 15.0 Å². The number of amides is 1. The molecule has 2 atom stereocenters. The molecular weight excluding hydrogens is 490 g/mol. The topological polar surface area (TPSA) is 69.6 Å². The Morgan fingerprint density at radius 3 is 2.47 bits per heavy atom. The standard InChI is InChI=1S/C29H26BrNO3/c1-14-21(30)11-12-22-26(14)27(29(34)31-22)25-15(2)24(17-8-4-5-9-18(17)25)20-13-23(32)16-7-3-6-10-19(16)28(20)33/h4-5,8-9,11-13,25,27,32-33H,3,6-7,10H2,1-2H3,(H,31,34). The van der Waals surface area contributed by atoms with Crippen LogP contribution in [-0.4, -0.2) is 16.1 Å². The normalized spacial score (nSPS) is 20.7. The van der Waals surface area contributed by atoms with E-state index < -0.39 is 0 Å². The summed E-state index contributed by atoms with van der Waals surface area (Å²) in [5.74, 6) is 0.00613. The smallest absolute Gasteiger partial charge is 0.232 e. The maximum absolute atomic E-state index is 13.4. The van der Waals surface area contributed by atoms with Crippen molar-refractivity contribution in [3.8, 4) is 11.5 Å². The molecule has 2 unspecified atom stereocenters. The average molecular weight is 516 g/mol. The number of benzene rings is 3. The highest BCUT2D eigenvalue weighted by atomic mass is 79.9. The molecular formula is C29H26BrNO3. The monoisotopic (exact) mass is 515 g/mol. The van der Waals surface area contributed by atoms with Crippen LogP contribution in [0, 0.1) is 6.92 Å². The van der Waals surface area contributed by atoms with Gasteiger partial charge in [0.2, 0.25) is 5.91 Å². The van der Waals surface area contributed by atoms with Crippen molar-refractivity contribution in [2.75, 3.05) is 5.32 Å². The van der Waals surface area contributed by atoms with Gasteiger partial charge in [0.25, 0.3) is 0 Å². The molecule has 1 aliphatic heterocycles. The minimum atomic E-state index is -0.362. The molecule has 6 rings (SSSR count). The van der Waals surface area contributed by atoms with Crippen molar-refractivity contribution in [3.63, 3.8) is 0 Å². The molecule has 34 heavy (non-hydrogen) atoms. The lowest BCUT2D eigenvalue weighted by Crippen LogP contribution is -2.20. The predicted molar refractivity (Wildman–Crippen MR) is 138 cm³/mol. The maximum atomic E-state index is 13.4. The van der Waals surface area contributed by atoms with Gasteiger partial charge in [-0.25, -0.2) is 0 Å². The molecule has 2 aliphatic carbocycles. The van der Waals surface area contributed by atoms with Crippen molar-refractivity contribution >= 4 is 33.1 Å². The first-order valence-corrected chi connectivity index (χ1v) is 12.6. The summed E-state index contributed by atoms with van der Waals surface area (Å²) in [6, 6.07) is 13.8. The molecule has 172 valence electrons. The minimum absolute atomic E-state index is 0.00545. The Kier molecular flexibility index (Phi) is 4.89. The summed E-state index contributed by atoms with van der Waals surface area (Å²) in [7, 11) is 0. The number of hydrogen-bond donors (Lipinski definition) is 3. The Bertz CT molecular complexity index is 1420. The number of allylic oxidation sites excluding steroid dienone is 1. The third-order valence-electron chi connectivity index (χ3n) is 7.93. The molecule has 5 heteroatoms. The van der Waals surface area contributed by atoms with Crippen molar-refractivity contribution in [2.24, 2.45) is 0 Å². The fraction of sp³-hybridized carbons (Fsp3) is 0.276. The Morgan fingerprint density at radius 1 is 0.941 bits per heavy atom. The highest BCUT2D eigenvalue weighted by Gasteiger charge is 2.44. The number of anilines is 1. The van der Waals surface area contributed by atoms with Crippen LogP contribution in [0.25, 0.3) is 5.57 Å². The van der Waals surface area contributed by atoms with E-state index in [0.29, 0.717) is 5.56 Å². The lowest BCUT2D eigenvalue weighted by Gasteiger charge is -2.23. The number of rotatable bonds is 2. The van der Waals surface area contributed by atoms with Gasteiger partial charge < -0.3 is 15.5 Å². The third-order valence-corrected chi connectivity index (χ3v) is 8.79. The number of phenolic OH excluding ortho intramolecular Hbond substituents is 2. The third kappa shape index (κ3) is 2.92. The van der Waals surface area contributed by atoms with E-state index in [1.807, 2.05) is 31.2 Å². The lowest BCUT2D eigenvalue weighted by molar-refractivity contribution is -0.117. The molecule has 3 aromatic carbocycles. The Hall–Kier alpha value is -3.05. The van der Waals surface area contributed by atoms with Crippen LogP contribution in [0.3, 0.4) is 0 Å². The summed E-state index contributed by atoms with van der Waals surface area (Å²) < 4.78 is 0.984. The molecule has 0 saturated carbocycles. The van der Waals surface area contributed by atoms with Gasteiger partial charge in [-0.1, -0.05) is 45.8 Å². The molecule has 4 nitrogen and oxygen atoms in total. The quantitative estimate of drug-likeness (QED) is 0.332. The van der Waals surface area contributed by atoms with Gasteiger partial charge in [-0.05, 0) is 85.6 Å². The van der Waals surface area contributed by atoms with Gasteiger partial charge in [-0.2, -0.15) is 0 Å². The largest absolute Gasteiger partial charge is 0.508 e. The first kappa shape index (κ1) is 21.5. The number of phenols is 2. The predicted octanol–water partition coefficient (Wildman–Crippen LogP) is 6.70. The van der Waals surface area contributed by atoms with Gasteiger partial charge in [0.15, 0.2) is 0 Å². The number of carbonyl (C=O) groups is 1. The zero-order chi connectivity index (χ0) is 23.7. The number of halogens is 1. The van der Waals surface area contributed by atoms with Crippen LogP contribution in [0.15, 0.2) is 52.5 Å². The molecule has 0 saturated heterocycles. The van der Waals surface area contributed by atoms with Crippen LogP contribution < -0.4 is 5.32 Å².